The van der Waals surface area contributed by atoms with Crippen molar-refractivity contribution in [1.29, 1.82) is 0 Å². The van der Waals surface area contributed by atoms with E-state index in [0.717, 1.165) is 16.9 Å². The molecule has 1 aliphatic heterocycles. The van der Waals surface area contributed by atoms with Crippen LogP contribution in [0.3, 0.4) is 0 Å². The Morgan fingerprint density at radius 1 is 1.17 bits per heavy atom. The first kappa shape index (κ1) is 25.1. The number of ether oxygens (including phenoxy) is 1. The van der Waals surface area contributed by atoms with Crippen molar-refractivity contribution in [2.45, 2.75) is 13.5 Å². The van der Waals surface area contributed by atoms with Crippen LogP contribution in [0.25, 0.3) is 16.9 Å². The van der Waals surface area contributed by atoms with Gasteiger partial charge in [-0.15, -0.1) is 5.10 Å². The second-order valence-corrected chi connectivity index (χ2v) is 8.10. The molecule has 0 aliphatic carbocycles. The fraction of sp³-hybridized carbons (Fsp3) is 0.360. The van der Waals surface area contributed by atoms with Crippen LogP contribution in [0, 0.1) is 17.7 Å². The van der Waals surface area contributed by atoms with E-state index < -0.39 is 5.91 Å². The van der Waals surface area contributed by atoms with Crippen molar-refractivity contribution in [3.8, 4) is 23.2 Å². The molecule has 0 saturated carbocycles. The van der Waals surface area contributed by atoms with Gasteiger partial charge in [0.2, 0.25) is 5.91 Å². The zero-order chi connectivity index (χ0) is 25.3. The summed E-state index contributed by atoms with van der Waals surface area (Å²) >= 11 is 0. The molecule has 3 heterocycles. The fourth-order valence-electron chi connectivity index (χ4n) is 3.80. The lowest BCUT2D eigenvalue weighted by atomic mass is 10.2. The molecule has 11 heteroatoms. The predicted octanol–water partition coefficient (Wildman–Crippen LogP) is 0.717. The normalized spacial score (nSPS) is 13.2. The molecule has 0 unspecified atom stereocenters. The predicted molar refractivity (Wildman–Crippen MR) is 133 cm³/mol. The number of benzene rings is 1. The molecule has 2 aromatic heterocycles. The highest BCUT2D eigenvalue weighted by molar-refractivity contribution is 5.95. The molecule has 2 amide bonds. The Kier molecular flexibility index (Phi) is 8.44. The largest absolute Gasteiger partial charge is 0.378 e. The number of carbonyl (C=O) groups excluding carboxylic acids is 2. The van der Waals surface area contributed by atoms with Crippen LogP contribution in [0.1, 0.15) is 12.5 Å². The van der Waals surface area contributed by atoms with Gasteiger partial charge < -0.3 is 25.6 Å². The molecule has 3 N–H and O–H groups in total. The number of rotatable bonds is 9. The molecular formula is C25H28FN7O3. The van der Waals surface area contributed by atoms with E-state index in [0.29, 0.717) is 57.3 Å². The molecule has 10 nitrogen and oxygen atoms in total. The number of nitrogens with zero attached hydrogens (tertiary/aromatic N) is 4. The number of hydrogen-bond acceptors (Lipinski definition) is 7. The number of morpholine rings is 1. The van der Waals surface area contributed by atoms with Crippen LogP contribution in [0.15, 0.2) is 36.5 Å². The van der Waals surface area contributed by atoms with E-state index >= 15 is 0 Å². The quantitative estimate of drug-likeness (QED) is 0.297. The third kappa shape index (κ3) is 6.35. The molecule has 0 spiro atoms. The van der Waals surface area contributed by atoms with Gasteiger partial charge in [0, 0.05) is 38.9 Å². The standard InChI is InChI=1S/C25H28FN7O3/c1-2-5-22(34)29-16-23(35)28-9-8-27-15-18-14-21-25(32-10-12-36-13-11-32)30-24(31-33(21)17-18)19-6-3-4-7-20(19)26/h3-4,6-7,14,17,27H,8-13,15-16H2,1H3,(H,28,35)(H,29,34). The molecule has 0 bridgehead atoms. The van der Waals surface area contributed by atoms with E-state index in [1.54, 1.807) is 29.6 Å². The molecule has 0 radical (unpaired) electrons. The number of amides is 2. The van der Waals surface area contributed by atoms with Crippen molar-refractivity contribution in [3.63, 3.8) is 0 Å². The SMILES string of the molecule is CC#CC(=O)NCC(=O)NCCNCc1cc2c(N3CCOCC3)nc(-c3ccccc3F)nn2c1. The maximum atomic E-state index is 14.5. The van der Waals surface area contributed by atoms with E-state index in [9.17, 15) is 14.0 Å². The zero-order valence-corrected chi connectivity index (χ0v) is 20.0. The molecule has 1 fully saturated rings. The van der Waals surface area contributed by atoms with E-state index in [1.807, 2.05) is 12.3 Å². The number of halogens is 1. The highest BCUT2D eigenvalue weighted by Crippen LogP contribution is 2.27. The lowest BCUT2D eigenvalue weighted by Gasteiger charge is -2.28. The Morgan fingerprint density at radius 3 is 2.75 bits per heavy atom. The first-order valence-corrected chi connectivity index (χ1v) is 11.7. The van der Waals surface area contributed by atoms with Crippen molar-refractivity contribution in [2.75, 3.05) is 50.8 Å². The van der Waals surface area contributed by atoms with Gasteiger partial charge in [0.05, 0.1) is 25.3 Å². The minimum absolute atomic E-state index is 0.119. The zero-order valence-electron chi connectivity index (χ0n) is 20.0. The summed E-state index contributed by atoms with van der Waals surface area (Å²) < 4.78 is 21.7. The second kappa shape index (κ2) is 12.1. The average Bonchev–Trinajstić information content (AvgIpc) is 3.30. The molecule has 0 atom stereocenters. The summed E-state index contributed by atoms with van der Waals surface area (Å²) in [5, 5.41) is 13.0. The number of nitrogens with one attached hydrogen (secondary N) is 3. The maximum absolute atomic E-state index is 14.5. The summed E-state index contributed by atoms with van der Waals surface area (Å²) in [4.78, 5) is 29.9. The van der Waals surface area contributed by atoms with Crippen LogP contribution < -0.4 is 20.9 Å². The number of anilines is 1. The number of aromatic nitrogens is 3. The summed E-state index contributed by atoms with van der Waals surface area (Å²) in [5.74, 6) is 4.69. The monoisotopic (exact) mass is 493 g/mol. The average molecular weight is 494 g/mol. The molecular weight excluding hydrogens is 465 g/mol. The molecule has 3 aromatic rings. The first-order valence-electron chi connectivity index (χ1n) is 11.7. The highest BCUT2D eigenvalue weighted by atomic mass is 19.1. The molecule has 188 valence electrons. The summed E-state index contributed by atoms with van der Waals surface area (Å²) in [6, 6.07) is 8.47. The molecule has 36 heavy (non-hydrogen) atoms. The Bertz CT molecular complexity index is 1290. The third-order valence-electron chi connectivity index (χ3n) is 5.53. The molecule has 1 aromatic carbocycles. The summed E-state index contributed by atoms with van der Waals surface area (Å²) in [6.07, 6.45) is 1.89. The van der Waals surface area contributed by atoms with Gasteiger partial charge in [-0.1, -0.05) is 18.1 Å². The second-order valence-electron chi connectivity index (χ2n) is 8.10. The van der Waals surface area contributed by atoms with Crippen LogP contribution >= 0.6 is 0 Å². The minimum Gasteiger partial charge on any atom is -0.378 e. The molecule has 1 saturated heterocycles. The number of carbonyl (C=O) groups is 2. The van der Waals surface area contributed by atoms with Crippen molar-refractivity contribution in [1.82, 2.24) is 30.5 Å². The van der Waals surface area contributed by atoms with E-state index in [-0.39, 0.29) is 18.3 Å². The summed E-state index contributed by atoms with van der Waals surface area (Å²) in [5.41, 5.74) is 2.14. The van der Waals surface area contributed by atoms with Crippen LogP contribution in [-0.4, -0.2) is 72.3 Å². The Labute approximate surface area is 208 Å². The van der Waals surface area contributed by atoms with Crippen molar-refractivity contribution in [3.05, 3.63) is 47.9 Å². The van der Waals surface area contributed by atoms with Crippen molar-refractivity contribution in [2.24, 2.45) is 0 Å². The summed E-state index contributed by atoms with van der Waals surface area (Å²) in [6.45, 7) is 5.48. The minimum atomic E-state index is -0.482. The topological polar surface area (TPSA) is 113 Å². The Balaban J connectivity index is 1.41. The smallest absolute Gasteiger partial charge is 0.296 e. The van der Waals surface area contributed by atoms with E-state index in [4.69, 9.17) is 9.72 Å². The number of fused-ring (bicyclic) bond motifs is 1. The van der Waals surface area contributed by atoms with Gasteiger partial charge in [0.1, 0.15) is 11.3 Å². The maximum Gasteiger partial charge on any atom is 0.296 e. The van der Waals surface area contributed by atoms with Crippen LogP contribution in [0.4, 0.5) is 10.2 Å². The van der Waals surface area contributed by atoms with Gasteiger partial charge in [-0.3, -0.25) is 9.59 Å². The lowest BCUT2D eigenvalue weighted by Crippen LogP contribution is -2.39. The fourth-order valence-corrected chi connectivity index (χ4v) is 3.80. The van der Waals surface area contributed by atoms with Gasteiger partial charge in [-0.25, -0.2) is 13.9 Å². The van der Waals surface area contributed by atoms with Crippen molar-refractivity contribution < 1.29 is 18.7 Å². The van der Waals surface area contributed by atoms with Crippen LogP contribution in [0.5, 0.6) is 0 Å². The molecule has 4 rings (SSSR count). The van der Waals surface area contributed by atoms with Crippen molar-refractivity contribution >= 4 is 23.1 Å². The van der Waals surface area contributed by atoms with Crippen LogP contribution in [0.2, 0.25) is 0 Å². The molecule has 1 aliphatic rings. The van der Waals surface area contributed by atoms with Gasteiger partial charge in [-0.05, 0) is 36.6 Å². The Hall–Kier alpha value is -4.01. The van der Waals surface area contributed by atoms with Gasteiger partial charge >= 0.3 is 0 Å². The van der Waals surface area contributed by atoms with Gasteiger partial charge in [0.25, 0.3) is 5.91 Å². The summed E-state index contributed by atoms with van der Waals surface area (Å²) in [7, 11) is 0. The first-order chi connectivity index (χ1) is 17.5. The highest BCUT2D eigenvalue weighted by Gasteiger charge is 2.20. The van der Waals surface area contributed by atoms with Crippen LogP contribution in [-0.2, 0) is 20.9 Å². The lowest BCUT2D eigenvalue weighted by molar-refractivity contribution is -0.123. The Morgan fingerprint density at radius 2 is 1.97 bits per heavy atom. The van der Waals surface area contributed by atoms with Gasteiger partial charge in [0.15, 0.2) is 11.6 Å². The number of hydrogen-bond donors (Lipinski definition) is 3. The van der Waals surface area contributed by atoms with E-state index in [2.05, 4.69) is 37.8 Å². The third-order valence-corrected chi connectivity index (χ3v) is 5.53. The van der Waals surface area contributed by atoms with E-state index in [1.165, 1.54) is 6.07 Å². The van der Waals surface area contributed by atoms with Gasteiger partial charge in [-0.2, -0.15) is 0 Å².